The normalized spacial score (nSPS) is 19.7. The van der Waals surface area contributed by atoms with E-state index in [0.29, 0.717) is 39.9 Å². The summed E-state index contributed by atoms with van der Waals surface area (Å²) in [5.74, 6) is 0.880. The van der Waals surface area contributed by atoms with Crippen LogP contribution in [0.25, 0.3) is 16.6 Å². The summed E-state index contributed by atoms with van der Waals surface area (Å²) in [5.41, 5.74) is 2.48. The largest absolute Gasteiger partial charge is 0.393 e. The lowest BCUT2D eigenvalue weighted by atomic mass is 9.93. The molecule has 0 unspecified atom stereocenters. The fourth-order valence-electron chi connectivity index (χ4n) is 3.96. The summed E-state index contributed by atoms with van der Waals surface area (Å²) in [6, 6.07) is 9.25. The van der Waals surface area contributed by atoms with Crippen LogP contribution in [0.4, 0.5) is 21.8 Å². The molecular formula is C20H22FN7O. The van der Waals surface area contributed by atoms with Crippen molar-refractivity contribution >= 4 is 34.0 Å². The van der Waals surface area contributed by atoms with Crippen LogP contribution >= 0.6 is 0 Å². The van der Waals surface area contributed by atoms with Crippen molar-refractivity contribution in [3.8, 4) is 0 Å². The van der Waals surface area contributed by atoms with Crippen LogP contribution in [0, 0.1) is 12.7 Å². The van der Waals surface area contributed by atoms with Crippen molar-refractivity contribution in [3.63, 3.8) is 0 Å². The second kappa shape index (κ2) is 7.00. The van der Waals surface area contributed by atoms with Gasteiger partial charge in [-0.2, -0.15) is 14.6 Å². The fourth-order valence-corrected chi connectivity index (χ4v) is 3.96. The van der Waals surface area contributed by atoms with Crippen LogP contribution in [0.15, 0.2) is 30.3 Å². The molecule has 9 heteroatoms. The lowest BCUT2D eigenvalue weighted by molar-refractivity contribution is 0.126. The van der Waals surface area contributed by atoms with Gasteiger partial charge >= 0.3 is 0 Å². The molecule has 29 heavy (non-hydrogen) atoms. The first-order valence-electron chi connectivity index (χ1n) is 9.78. The first kappa shape index (κ1) is 17.9. The molecule has 8 nitrogen and oxygen atoms in total. The number of benzene rings is 1. The molecule has 1 aliphatic rings. The van der Waals surface area contributed by atoms with Crippen molar-refractivity contribution in [3.05, 3.63) is 41.8 Å². The Morgan fingerprint density at radius 3 is 2.86 bits per heavy atom. The summed E-state index contributed by atoms with van der Waals surface area (Å²) >= 11 is 0. The molecular weight excluding hydrogens is 373 g/mol. The number of aliphatic hydroxyl groups excluding tert-OH is 1. The van der Waals surface area contributed by atoms with Gasteiger partial charge < -0.3 is 15.7 Å². The third-order valence-electron chi connectivity index (χ3n) is 5.46. The Morgan fingerprint density at radius 2 is 2.03 bits per heavy atom. The highest BCUT2D eigenvalue weighted by molar-refractivity contribution is 5.85. The maximum absolute atomic E-state index is 14.4. The van der Waals surface area contributed by atoms with Crippen molar-refractivity contribution in [2.24, 2.45) is 0 Å². The summed E-state index contributed by atoms with van der Waals surface area (Å²) in [6.45, 7) is 1.76. The van der Waals surface area contributed by atoms with Crippen molar-refractivity contribution in [2.75, 3.05) is 10.6 Å². The van der Waals surface area contributed by atoms with E-state index < -0.39 is 0 Å². The monoisotopic (exact) mass is 395 g/mol. The highest BCUT2D eigenvalue weighted by Crippen LogP contribution is 2.26. The summed E-state index contributed by atoms with van der Waals surface area (Å²) in [4.78, 5) is 4.50. The van der Waals surface area contributed by atoms with Gasteiger partial charge in [-0.25, -0.2) is 4.39 Å². The molecule has 0 aliphatic heterocycles. The zero-order valence-electron chi connectivity index (χ0n) is 16.0. The first-order chi connectivity index (χ1) is 14.1. The van der Waals surface area contributed by atoms with Crippen LogP contribution in [-0.4, -0.2) is 42.0 Å². The van der Waals surface area contributed by atoms with E-state index in [1.54, 1.807) is 17.5 Å². The van der Waals surface area contributed by atoms with E-state index in [0.717, 1.165) is 31.5 Å². The lowest BCUT2D eigenvalue weighted by Gasteiger charge is -2.26. The van der Waals surface area contributed by atoms with Crippen LogP contribution in [0.1, 0.15) is 31.4 Å². The Bertz CT molecular complexity index is 1180. The molecule has 1 aromatic carbocycles. The number of hydrogen-bond acceptors (Lipinski definition) is 6. The van der Waals surface area contributed by atoms with Gasteiger partial charge in [-0.1, -0.05) is 6.07 Å². The number of hydrogen-bond donors (Lipinski definition) is 4. The van der Waals surface area contributed by atoms with Crippen LogP contribution < -0.4 is 10.6 Å². The molecule has 1 saturated carbocycles. The smallest absolute Gasteiger partial charge is 0.247 e. The van der Waals surface area contributed by atoms with Gasteiger partial charge in [0.15, 0.2) is 5.65 Å². The van der Waals surface area contributed by atoms with Crippen molar-refractivity contribution < 1.29 is 9.50 Å². The van der Waals surface area contributed by atoms with Crippen LogP contribution in [0.5, 0.6) is 0 Å². The van der Waals surface area contributed by atoms with E-state index in [4.69, 9.17) is 0 Å². The zero-order valence-corrected chi connectivity index (χ0v) is 16.0. The van der Waals surface area contributed by atoms with E-state index in [1.807, 2.05) is 18.2 Å². The van der Waals surface area contributed by atoms with Crippen LogP contribution in [0.2, 0.25) is 0 Å². The Kier molecular flexibility index (Phi) is 4.31. The van der Waals surface area contributed by atoms with Crippen molar-refractivity contribution in [1.29, 1.82) is 0 Å². The Hall–Kier alpha value is -3.20. The van der Waals surface area contributed by atoms with E-state index in [-0.39, 0.29) is 11.9 Å². The number of aromatic nitrogens is 5. The Morgan fingerprint density at radius 1 is 1.21 bits per heavy atom. The fraction of sp³-hybridized carbons (Fsp3) is 0.350. The van der Waals surface area contributed by atoms with Gasteiger partial charge in [-0.3, -0.25) is 5.10 Å². The second-order valence-corrected chi connectivity index (χ2v) is 7.58. The summed E-state index contributed by atoms with van der Waals surface area (Å²) in [7, 11) is 0. The molecule has 0 saturated heterocycles. The van der Waals surface area contributed by atoms with Gasteiger partial charge in [0.05, 0.1) is 22.7 Å². The molecule has 4 N–H and O–H groups in total. The summed E-state index contributed by atoms with van der Waals surface area (Å²) in [6.07, 6.45) is 3.25. The van der Waals surface area contributed by atoms with Gasteiger partial charge in [0.2, 0.25) is 5.95 Å². The number of rotatable bonds is 4. The predicted molar refractivity (Wildman–Crippen MR) is 109 cm³/mol. The number of aliphatic hydroxyl groups is 1. The molecule has 3 heterocycles. The average molecular weight is 395 g/mol. The minimum Gasteiger partial charge on any atom is -0.393 e. The molecule has 1 aliphatic carbocycles. The van der Waals surface area contributed by atoms with Gasteiger partial charge in [0.1, 0.15) is 11.6 Å². The number of halogens is 1. The number of pyridine rings is 1. The predicted octanol–water partition coefficient (Wildman–Crippen LogP) is 3.51. The van der Waals surface area contributed by atoms with Gasteiger partial charge in [-0.15, -0.1) is 5.10 Å². The summed E-state index contributed by atoms with van der Waals surface area (Å²) in [5, 5.41) is 28.2. The molecule has 0 amide bonds. The minimum absolute atomic E-state index is 0.192. The van der Waals surface area contributed by atoms with Crippen molar-refractivity contribution in [1.82, 2.24) is 24.8 Å². The van der Waals surface area contributed by atoms with Gasteiger partial charge in [0.25, 0.3) is 0 Å². The summed E-state index contributed by atoms with van der Waals surface area (Å²) < 4.78 is 16.2. The molecule has 0 radical (unpaired) electrons. The average Bonchev–Trinajstić information content (AvgIpc) is 3.27. The molecule has 0 bridgehead atoms. The minimum atomic E-state index is -0.346. The molecule has 5 rings (SSSR count). The molecule has 0 spiro atoms. The van der Waals surface area contributed by atoms with Gasteiger partial charge in [0, 0.05) is 11.7 Å². The van der Waals surface area contributed by atoms with E-state index in [2.05, 4.69) is 30.9 Å². The van der Waals surface area contributed by atoms with E-state index in [1.165, 1.54) is 6.07 Å². The maximum Gasteiger partial charge on any atom is 0.247 e. The molecule has 1 fully saturated rings. The number of anilines is 3. The molecule has 3 aromatic heterocycles. The molecule has 4 aromatic rings. The number of nitrogens with zero attached hydrogens (tertiary/aromatic N) is 4. The third-order valence-corrected chi connectivity index (χ3v) is 5.46. The SMILES string of the molecule is Cc1n[nH]c2cc(Nc3nc4cccc(NC5CCC(O)CC5)n4n3)cc(F)c12. The van der Waals surface area contributed by atoms with Crippen LogP contribution in [0.3, 0.4) is 0 Å². The third kappa shape index (κ3) is 3.38. The number of nitrogens with one attached hydrogen (secondary N) is 3. The highest BCUT2D eigenvalue weighted by Gasteiger charge is 2.20. The Balaban J connectivity index is 1.41. The maximum atomic E-state index is 14.4. The van der Waals surface area contributed by atoms with E-state index in [9.17, 15) is 9.50 Å². The Labute approximate surface area is 166 Å². The first-order valence-corrected chi connectivity index (χ1v) is 9.78. The van der Waals surface area contributed by atoms with Crippen LogP contribution in [-0.2, 0) is 0 Å². The number of H-pyrrole nitrogens is 1. The standard InChI is InChI=1S/C20H22FN7O/c1-11-19-15(21)9-13(10-16(19)26-25-11)23-20-24-18-4-2-3-17(28(18)27-20)22-12-5-7-14(29)8-6-12/h2-4,9-10,12,14,22,29H,5-8H2,1H3,(H,23,27)(H,25,26). The molecule has 150 valence electrons. The number of aromatic amines is 1. The number of fused-ring (bicyclic) bond motifs is 2. The van der Waals surface area contributed by atoms with Crippen molar-refractivity contribution in [2.45, 2.75) is 44.8 Å². The zero-order chi connectivity index (χ0) is 20.0. The topological polar surface area (TPSA) is 103 Å². The quantitative estimate of drug-likeness (QED) is 0.422. The van der Waals surface area contributed by atoms with E-state index >= 15 is 0 Å². The highest BCUT2D eigenvalue weighted by atomic mass is 19.1. The van der Waals surface area contributed by atoms with Gasteiger partial charge in [-0.05, 0) is 56.9 Å². The lowest BCUT2D eigenvalue weighted by Crippen LogP contribution is -2.29. The second-order valence-electron chi connectivity index (χ2n) is 7.58. The number of aryl methyl sites for hydroxylation is 1. The molecule has 0 atom stereocenters.